The van der Waals surface area contributed by atoms with Crippen LogP contribution < -0.4 is 5.32 Å². The van der Waals surface area contributed by atoms with Gasteiger partial charge in [0.05, 0.1) is 0 Å². The van der Waals surface area contributed by atoms with Crippen LogP contribution in [-0.2, 0) is 6.42 Å². The molecule has 1 aromatic rings. The highest BCUT2D eigenvalue weighted by Crippen LogP contribution is 2.30. The van der Waals surface area contributed by atoms with Crippen molar-refractivity contribution < 1.29 is 0 Å². The average Bonchev–Trinajstić information content (AvgIpc) is 3.16. The Morgan fingerprint density at radius 3 is 2.53 bits per heavy atom. The molecule has 0 aliphatic heterocycles. The van der Waals surface area contributed by atoms with Crippen LogP contribution in [0.1, 0.15) is 56.2 Å². The molecule has 1 saturated carbocycles. The Kier molecular flexibility index (Phi) is 4.67. The summed E-state index contributed by atoms with van der Waals surface area (Å²) in [6.07, 6.45) is 6.53. The molecular formula is C18H29N. The van der Waals surface area contributed by atoms with Crippen molar-refractivity contribution in [2.24, 2.45) is 5.41 Å². The van der Waals surface area contributed by atoms with E-state index in [-0.39, 0.29) is 0 Å². The lowest BCUT2D eigenvalue weighted by molar-refractivity contribution is 0.274. The molecule has 106 valence electrons. The Morgan fingerprint density at radius 1 is 1.21 bits per heavy atom. The summed E-state index contributed by atoms with van der Waals surface area (Å²) in [6.45, 7) is 10.3. The maximum atomic E-state index is 3.73. The predicted molar refractivity (Wildman–Crippen MR) is 83.7 cm³/mol. The minimum atomic E-state index is 0.402. The van der Waals surface area contributed by atoms with Gasteiger partial charge in [-0.3, -0.25) is 0 Å². The number of aryl methyl sites for hydroxylation is 2. The summed E-state index contributed by atoms with van der Waals surface area (Å²) in [5.41, 5.74) is 4.72. The van der Waals surface area contributed by atoms with Gasteiger partial charge in [-0.1, -0.05) is 38.5 Å². The van der Waals surface area contributed by atoms with Crippen LogP contribution in [0.2, 0.25) is 0 Å². The zero-order valence-corrected chi connectivity index (χ0v) is 13.1. The van der Waals surface area contributed by atoms with E-state index in [9.17, 15) is 0 Å². The third-order valence-electron chi connectivity index (χ3n) is 4.45. The smallest absolute Gasteiger partial charge is 0.00684 e. The number of benzene rings is 1. The summed E-state index contributed by atoms with van der Waals surface area (Å²) < 4.78 is 0. The highest BCUT2D eigenvalue weighted by Gasteiger charge is 2.28. The van der Waals surface area contributed by atoms with Crippen LogP contribution in [0.4, 0.5) is 0 Å². The monoisotopic (exact) mass is 259 g/mol. The Hall–Kier alpha value is -0.820. The highest BCUT2D eigenvalue weighted by molar-refractivity contribution is 5.30. The molecule has 1 aliphatic carbocycles. The third kappa shape index (κ3) is 4.35. The van der Waals surface area contributed by atoms with Crippen LogP contribution in [0, 0.1) is 19.3 Å². The maximum absolute atomic E-state index is 3.73. The highest BCUT2D eigenvalue weighted by atomic mass is 15.0. The van der Waals surface area contributed by atoms with Gasteiger partial charge < -0.3 is 5.32 Å². The first-order valence-corrected chi connectivity index (χ1v) is 7.82. The molecule has 1 aromatic carbocycles. The molecule has 1 aliphatic rings. The molecule has 1 N–H and O–H groups in total. The Morgan fingerprint density at radius 2 is 1.95 bits per heavy atom. The minimum Gasteiger partial charge on any atom is -0.313 e. The molecule has 1 heteroatoms. The van der Waals surface area contributed by atoms with E-state index in [2.05, 4.69) is 51.2 Å². The van der Waals surface area contributed by atoms with Crippen LogP contribution in [0.25, 0.3) is 0 Å². The van der Waals surface area contributed by atoms with E-state index >= 15 is 0 Å². The van der Waals surface area contributed by atoms with Crippen molar-refractivity contribution in [1.82, 2.24) is 5.32 Å². The Labute approximate surface area is 118 Å². The summed E-state index contributed by atoms with van der Waals surface area (Å²) in [6, 6.07) is 7.77. The van der Waals surface area contributed by atoms with Gasteiger partial charge in [-0.25, -0.2) is 0 Å². The lowest BCUT2D eigenvalue weighted by atomic mass is 9.79. The van der Waals surface area contributed by atoms with E-state index in [0.717, 1.165) is 6.04 Å². The first kappa shape index (κ1) is 14.6. The van der Waals surface area contributed by atoms with Crippen molar-refractivity contribution in [2.75, 3.05) is 6.54 Å². The van der Waals surface area contributed by atoms with Gasteiger partial charge in [0, 0.05) is 12.6 Å². The van der Waals surface area contributed by atoms with Gasteiger partial charge >= 0.3 is 0 Å². The van der Waals surface area contributed by atoms with Gasteiger partial charge in [-0.05, 0) is 61.6 Å². The molecule has 0 aromatic heterocycles. The molecular weight excluding hydrogens is 230 g/mol. The van der Waals surface area contributed by atoms with Crippen LogP contribution >= 0.6 is 0 Å². The first-order valence-electron chi connectivity index (χ1n) is 7.82. The van der Waals surface area contributed by atoms with Crippen molar-refractivity contribution in [3.05, 3.63) is 34.9 Å². The second kappa shape index (κ2) is 6.09. The minimum absolute atomic E-state index is 0.402. The normalized spacial score (nSPS) is 18.3. The molecule has 0 amide bonds. The number of rotatable bonds is 7. The summed E-state index contributed by atoms with van der Waals surface area (Å²) >= 11 is 0. The summed E-state index contributed by atoms with van der Waals surface area (Å²) in [4.78, 5) is 0. The molecule has 0 bridgehead atoms. The molecule has 1 fully saturated rings. The van der Waals surface area contributed by atoms with Gasteiger partial charge in [-0.2, -0.15) is 0 Å². The SMILES string of the molecule is CCCC(C)(CNC1CC1)Cc1ccc(C)c(C)c1. The van der Waals surface area contributed by atoms with E-state index in [0.29, 0.717) is 5.41 Å². The first-order chi connectivity index (χ1) is 9.02. The van der Waals surface area contributed by atoms with Gasteiger partial charge in [0.2, 0.25) is 0 Å². The summed E-state index contributed by atoms with van der Waals surface area (Å²) in [5, 5.41) is 3.73. The van der Waals surface area contributed by atoms with E-state index in [1.54, 1.807) is 0 Å². The van der Waals surface area contributed by atoms with Gasteiger partial charge in [0.1, 0.15) is 0 Å². The molecule has 1 nitrogen and oxygen atoms in total. The van der Waals surface area contributed by atoms with Crippen molar-refractivity contribution in [2.45, 2.75) is 65.8 Å². The maximum Gasteiger partial charge on any atom is 0.00684 e. The molecule has 0 radical (unpaired) electrons. The van der Waals surface area contributed by atoms with Crippen molar-refractivity contribution in [1.29, 1.82) is 0 Å². The second-order valence-corrected chi connectivity index (χ2v) is 6.81. The Balaban J connectivity index is 2.02. The third-order valence-corrected chi connectivity index (χ3v) is 4.45. The lowest BCUT2D eigenvalue weighted by Crippen LogP contribution is -2.34. The van der Waals surface area contributed by atoms with Crippen LogP contribution in [-0.4, -0.2) is 12.6 Å². The van der Waals surface area contributed by atoms with E-state index < -0.39 is 0 Å². The number of hydrogen-bond acceptors (Lipinski definition) is 1. The molecule has 0 saturated heterocycles. The van der Waals surface area contributed by atoms with E-state index in [1.807, 2.05) is 0 Å². The lowest BCUT2D eigenvalue weighted by Gasteiger charge is -2.30. The molecule has 1 unspecified atom stereocenters. The molecule has 2 rings (SSSR count). The number of nitrogens with one attached hydrogen (secondary N) is 1. The quantitative estimate of drug-likeness (QED) is 0.765. The van der Waals surface area contributed by atoms with E-state index in [1.165, 1.54) is 55.3 Å². The fourth-order valence-corrected chi connectivity index (χ4v) is 2.93. The average molecular weight is 259 g/mol. The van der Waals surface area contributed by atoms with Crippen LogP contribution in [0.3, 0.4) is 0 Å². The van der Waals surface area contributed by atoms with Gasteiger partial charge in [0.25, 0.3) is 0 Å². The molecule has 0 heterocycles. The summed E-state index contributed by atoms with van der Waals surface area (Å²) in [7, 11) is 0. The zero-order chi connectivity index (χ0) is 13.9. The summed E-state index contributed by atoms with van der Waals surface area (Å²) in [5.74, 6) is 0. The van der Waals surface area contributed by atoms with Crippen molar-refractivity contribution in [3.63, 3.8) is 0 Å². The predicted octanol–water partition coefficient (Wildman–Crippen LogP) is 4.40. The largest absolute Gasteiger partial charge is 0.313 e. The van der Waals surface area contributed by atoms with Gasteiger partial charge in [0.15, 0.2) is 0 Å². The molecule has 0 spiro atoms. The van der Waals surface area contributed by atoms with E-state index in [4.69, 9.17) is 0 Å². The van der Waals surface area contributed by atoms with Crippen LogP contribution in [0.5, 0.6) is 0 Å². The van der Waals surface area contributed by atoms with Gasteiger partial charge in [-0.15, -0.1) is 0 Å². The standard InChI is InChI=1S/C18H29N/c1-5-10-18(4,13-19-17-8-9-17)12-16-7-6-14(2)15(3)11-16/h6-7,11,17,19H,5,8-10,12-13H2,1-4H3. The zero-order valence-electron chi connectivity index (χ0n) is 13.1. The van der Waals surface area contributed by atoms with Crippen LogP contribution in [0.15, 0.2) is 18.2 Å². The fourth-order valence-electron chi connectivity index (χ4n) is 2.93. The van der Waals surface area contributed by atoms with Crippen molar-refractivity contribution in [3.8, 4) is 0 Å². The second-order valence-electron chi connectivity index (χ2n) is 6.81. The molecule has 19 heavy (non-hydrogen) atoms. The topological polar surface area (TPSA) is 12.0 Å². The Bertz CT molecular complexity index is 420. The number of hydrogen-bond donors (Lipinski definition) is 1. The fraction of sp³-hybridized carbons (Fsp3) is 0.667. The molecule has 1 atom stereocenters. The van der Waals surface area contributed by atoms with Crippen molar-refractivity contribution >= 4 is 0 Å².